The summed E-state index contributed by atoms with van der Waals surface area (Å²) in [7, 11) is 5.37. The van der Waals surface area contributed by atoms with E-state index in [0.29, 0.717) is 4.48 Å². The Morgan fingerprint density at radius 2 is 1.67 bits per heavy atom. The summed E-state index contributed by atoms with van der Waals surface area (Å²) in [6.45, 7) is 1.36. The standard InChI is InChI=1S/C11H19NO6/c1-7(10(15)16)11(17)18-8(5-9(13)14)6-12(2,3)4/h7-8H,5-6H2,1-4H3,(H-,13,14,15,16)/p-1. The Hall–Kier alpha value is -1.63. The monoisotopic (exact) mass is 260 g/mol. The number of carbonyl (C=O) groups is 3. The minimum Gasteiger partial charge on any atom is -0.550 e. The van der Waals surface area contributed by atoms with Gasteiger partial charge >= 0.3 is 5.97 Å². The van der Waals surface area contributed by atoms with E-state index in [-0.39, 0.29) is 6.54 Å². The lowest BCUT2D eigenvalue weighted by Gasteiger charge is -2.29. The predicted molar refractivity (Wildman–Crippen MR) is 56.6 cm³/mol. The molecule has 0 bridgehead atoms. The van der Waals surface area contributed by atoms with Crippen LogP contribution in [0.25, 0.3) is 0 Å². The molecule has 104 valence electrons. The molecule has 0 fully saturated rings. The van der Waals surface area contributed by atoms with Crippen molar-refractivity contribution in [1.82, 2.24) is 0 Å². The molecule has 0 saturated carbocycles. The molecule has 0 N–H and O–H groups in total. The molecule has 0 aromatic rings. The van der Waals surface area contributed by atoms with Crippen LogP contribution < -0.4 is 10.2 Å². The van der Waals surface area contributed by atoms with Crippen LogP contribution in [0.5, 0.6) is 0 Å². The highest BCUT2D eigenvalue weighted by atomic mass is 16.5. The van der Waals surface area contributed by atoms with Gasteiger partial charge in [0.15, 0.2) is 6.10 Å². The van der Waals surface area contributed by atoms with Crippen molar-refractivity contribution in [3.05, 3.63) is 0 Å². The number of nitrogens with zero attached hydrogens (tertiary/aromatic N) is 1. The van der Waals surface area contributed by atoms with Gasteiger partial charge in [0.2, 0.25) is 0 Å². The number of esters is 1. The van der Waals surface area contributed by atoms with Crippen LogP contribution in [0.1, 0.15) is 13.3 Å². The van der Waals surface area contributed by atoms with E-state index in [4.69, 9.17) is 4.74 Å². The van der Waals surface area contributed by atoms with E-state index in [9.17, 15) is 24.6 Å². The average molecular weight is 260 g/mol. The fraction of sp³-hybridized carbons (Fsp3) is 0.727. The van der Waals surface area contributed by atoms with E-state index in [1.807, 2.05) is 0 Å². The Labute approximate surface area is 106 Å². The molecule has 7 heteroatoms. The molecule has 0 spiro atoms. The normalized spacial score (nSPS) is 14.7. The van der Waals surface area contributed by atoms with Gasteiger partial charge in [-0.15, -0.1) is 0 Å². The lowest BCUT2D eigenvalue weighted by Crippen LogP contribution is -2.46. The molecule has 0 radical (unpaired) electrons. The third-order valence-electron chi connectivity index (χ3n) is 2.14. The van der Waals surface area contributed by atoms with Crippen LogP contribution in [-0.4, -0.2) is 56.2 Å². The van der Waals surface area contributed by atoms with E-state index >= 15 is 0 Å². The van der Waals surface area contributed by atoms with Crippen molar-refractivity contribution in [3.63, 3.8) is 0 Å². The molecular weight excluding hydrogens is 242 g/mol. The second kappa shape index (κ2) is 6.34. The van der Waals surface area contributed by atoms with Crippen molar-refractivity contribution < 1.29 is 33.8 Å². The Kier molecular flexibility index (Phi) is 5.77. The number of rotatable bonds is 7. The first-order chi connectivity index (χ1) is 8.03. The molecule has 18 heavy (non-hydrogen) atoms. The third-order valence-corrected chi connectivity index (χ3v) is 2.14. The summed E-state index contributed by atoms with van der Waals surface area (Å²) in [6, 6.07) is 0. The summed E-state index contributed by atoms with van der Waals surface area (Å²) in [5.41, 5.74) is 0. The van der Waals surface area contributed by atoms with Crippen LogP contribution >= 0.6 is 0 Å². The van der Waals surface area contributed by atoms with Crippen molar-refractivity contribution in [1.29, 1.82) is 0 Å². The predicted octanol–water partition coefficient (Wildman–Crippen LogP) is -2.87. The number of carbonyl (C=O) groups excluding carboxylic acids is 3. The molecule has 2 atom stereocenters. The van der Waals surface area contributed by atoms with Gasteiger partial charge in [-0.1, -0.05) is 0 Å². The van der Waals surface area contributed by atoms with Crippen LogP contribution in [0.3, 0.4) is 0 Å². The molecule has 0 aliphatic rings. The van der Waals surface area contributed by atoms with Crippen LogP contribution in [0, 0.1) is 5.92 Å². The summed E-state index contributed by atoms with van der Waals surface area (Å²) in [6.07, 6.45) is -1.40. The average Bonchev–Trinajstić information content (AvgIpc) is 2.11. The molecule has 7 nitrogen and oxygen atoms in total. The van der Waals surface area contributed by atoms with Gasteiger partial charge in [-0.2, -0.15) is 0 Å². The number of quaternary nitrogens is 1. The lowest BCUT2D eigenvalue weighted by molar-refractivity contribution is -0.873. The van der Waals surface area contributed by atoms with Gasteiger partial charge in [0, 0.05) is 12.4 Å². The number of ether oxygens (including phenoxy) is 1. The van der Waals surface area contributed by atoms with Crippen molar-refractivity contribution in [2.75, 3.05) is 27.7 Å². The highest BCUT2D eigenvalue weighted by Gasteiger charge is 2.25. The highest BCUT2D eigenvalue weighted by molar-refractivity contribution is 5.92. The molecule has 0 amide bonds. The topological polar surface area (TPSA) is 107 Å². The van der Waals surface area contributed by atoms with Gasteiger partial charge in [0.1, 0.15) is 6.54 Å². The van der Waals surface area contributed by atoms with E-state index in [1.165, 1.54) is 0 Å². The lowest BCUT2D eigenvalue weighted by atomic mass is 10.2. The molecule has 0 aliphatic carbocycles. The Bertz CT molecular complexity index is 333. The van der Waals surface area contributed by atoms with Gasteiger partial charge in [0.05, 0.1) is 33.0 Å². The van der Waals surface area contributed by atoms with Gasteiger partial charge in [-0.05, 0) is 6.92 Å². The maximum atomic E-state index is 11.4. The van der Waals surface area contributed by atoms with Crippen molar-refractivity contribution in [2.45, 2.75) is 19.4 Å². The summed E-state index contributed by atoms with van der Waals surface area (Å²) < 4.78 is 5.23. The molecule has 0 aliphatic heterocycles. The number of carboxylic acid groups (broad SMARTS) is 2. The SMILES string of the molecule is CC(C(=O)[O-])C(=O)OC(CC(=O)[O-])C[N+](C)(C)C. The molecule has 0 heterocycles. The molecular formula is C11H18NO6-. The zero-order valence-corrected chi connectivity index (χ0v) is 11.0. The first-order valence-electron chi connectivity index (χ1n) is 5.44. The zero-order valence-electron chi connectivity index (χ0n) is 11.0. The number of hydrogen-bond donors (Lipinski definition) is 0. The van der Waals surface area contributed by atoms with Gasteiger partial charge < -0.3 is 29.0 Å². The molecule has 0 aromatic carbocycles. The van der Waals surface area contributed by atoms with E-state index in [0.717, 1.165) is 6.92 Å². The van der Waals surface area contributed by atoms with Crippen LogP contribution in [0.2, 0.25) is 0 Å². The Morgan fingerprint density at radius 1 is 1.17 bits per heavy atom. The van der Waals surface area contributed by atoms with E-state index in [2.05, 4.69) is 0 Å². The third kappa shape index (κ3) is 6.85. The Morgan fingerprint density at radius 3 is 2.00 bits per heavy atom. The summed E-state index contributed by atoms with van der Waals surface area (Å²) in [5.74, 6) is -5.35. The minimum atomic E-state index is -1.56. The maximum Gasteiger partial charge on any atom is 0.314 e. The fourth-order valence-corrected chi connectivity index (χ4v) is 1.30. The highest BCUT2D eigenvalue weighted by Crippen LogP contribution is 2.08. The number of carboxylic acids is 2. The van der Waals surface area contributed by atoms with Crippen molar-refractivity contribution in [2.24, 2.45) is 5.92 Å². The van der Waals surface area contributed by atoms with Crippen LogP contribution in [0.15, 0.2) is 0 Å². The second-order valence-electron chi connectivity index (χ2n) is 5.15. The van der Waals surface area contributed by atoms with Crippen molar-refractivity contribution in [3.8, 4) is 0 Å². The Balaban J connectivity index is 4.63. The first kappa shape index (κ1) is 16.4. The van der Waals surface area contributed by atoms with Gasteiger partial charge in [0.25, 0.3) is 0 Å². The number of aliphatic carboxylic acids is 2. The minimum absolute atomic E-state index is 0.236. The number of likely N-dealkylation sites (N-methyl/N-ethyl adjacent to an activating group) is 1. The first-order valence-corrected chi connectivity index (χ1v) is 5.44. The maximum absolute atomic E-state index is 11.4. The van der Waals surface area contributed by atoms with Gasteiger partial charge in [-0.3, -0.25) is 4.79 Å². The molecule has 0 saturated heterocycles. The second-order valence-corrected chi connectivity index (χ2v) is 5.15. The largest absolute Gasteiger partial charge is 0.550 e. The molecule has 0 rings (SSSR count). The van der Waals surface area contributed by atoms with Crippen LogP contribution in [-0.2, 0) is 19.1 Å². The zero-order chi connectivity index (χ0) is 14.5. The quantitative estimate of drug-likeness (QED) is 0.277. The van der Waals surface area contributed by atoms with Crippen LogP contribution in [0.4, 0.5) is 0 Å². The molecule has 0 aromatic heterocycles. The van der Waals surface area contributed by atoms with Crippen molar-refractivity contribution >= 4 is 17.9 Å². The fourth-order valence-electron chi connectivity index (χ4n) is 1.30. The van der Waals surface area contributed by atoms with E-state index in [1.54, 1.807) is 21.1 Å². The summed E-state index contributed by atoms with van der Waals surface area (Å²) in [5, 5.41) is 21.0. The number of hydrogen-bond acceptors (Lipinski definition) is 6. The van der Waals surface area contributed by atoms with E-state index < -0.39 is 36.4 Å². The smallest absolute Gasteiger partial charge is 0.314 e. The molecule has 2 unspecified atom stereocenters. The van der Waals surface area contributed by atoms with Gasteiger partial charge in [-0.25, -0.2) is 0 Å². The summed E-state index contributed by atoms with van der Waals surface area (Å²) >= 11 is 0. The summed E-state index contributed by atoms with van der Waals surface area (Å²) in [4.78, 5) is 32.4.